The molecule has 3 fully saturated rings. The molecular formula is C20H27FN4O3S. The third-order valence-electron chi connectivity index (χ3n) is 5.31. The Morgan fingerprint density at radius 3 is 2.66 bits per heavy atom. The van der Waals surface area contributed by atoms with Crippen LogP contribution in [0.25, 0.3) is 0 Å². The van der Waals surface area contributed by atoms with Crippen LogP contribution in [0.1, 0.15) is 20.8 Å². The number of thiocarbonyl (C=S) groups is 1. The average Bonchev–Trinajstić information content (AvgIpc) is 2.91. The van der Waals surface area contributed by atoms with E-state index in [2.05, 4.69) is 10.6 Å². The van der Waals surface area contributed by atoms with E-state index in [1.54, 1.807) is 12.1 Å². The van der Waals surface area contributed by atoms with Gasteiger partial charge < -0.3 is 25.0 Å². The Balaban J connectivity index is 1.33. The number of ether oxygens (including phenoxy) is 2. The second kappa shape index (κ2) is 7.28. The lowest BCUT2D eigenvalue weighted by Gasteiger charge is -2.56. The minimum Gasteiger partial charge on any atom is -0.442 e. The molecule has 1 spiro atoms. The van der Waals surface area contributed by atoms with Crippen LogP contribution in [-0.4, -0.2) is 62.2 Å². The first-order valence-electron chi connectivity index (χ1n) is 9.81. The first-order chi connectivity index (χ1) is 13.6. The summed E-state index contributed by atoms with van der Waals surface area (Å²) in [5, 5.41) is 6.73. The molecule has 2 N–H and O–H groups in total. The van der Waals surface area contributed by atoms with Crippen LogP contribution >= 0.6 is 12.2 Å². The molecular weight excluding hydrogens is 395 g/mol. The Labute approximate surface area is 175 Å². The number of benzene rings is 1. The number of hydrogen-bond acceptors (Lipinski definition) is 5. The molecule has 0 unspecified atom stereocenters. The molecule has 1 amide bonds. The van der Waals surface area contributed by atoms with Gasteiger partial charge in [0.15, 0.2) is 5.11 Å². The fourth-order valence-electron chi connectivity index (χ4n) is 3.86. The van der Waals surface area contributed by atoms with E-state index in [-0.39, 0.29) is 22.9 Å². The van der Waals surface area contributed by atoms with Crippen LogP contribution in [0.2, 0.25) is 0 Å². The lowest BCUT2D eigenvalue weighted by Crippen LogP contribution is -2.66. The van der Waals surface area contributed by atoms with E-state index in [4.69, 9.17) is 21.7 Å². The molecule has 3 heterocycles. The van der Waals surface area contributed by atoms with E-state index in [9.17, 15) is 9.18 Å². The monoisotopic (exact) mass is 422 g/mol. The fourth-order valence-corrected chi connectivity index (χ4v) is 4.25. The van der Waals surface area contributed by atoms with Crippen molar-refractivity contribution in [3.8, 4) is 0 Å². The van der Waals surface area contributed by atoms with Crippen LogP contribution in [0.5, 0.6) is 0 Å². The molecule has 9 heteroatoms. The highest BCUT2D eigenvalue weighted by molar-refractivity contribution is 7.80. The molecule has 0 aromatic heterocycles. The Bertz CT molecular complexity index is 816. The Hall–Kier alpha value is -2.13. The highest BCUT2D eigenvalue weighted by atomic mass is 32.1. The maximum Gasteiger partial charge on any atom is 0.414 e. The van der Waals surface area contributed by atoms with Crippen molar-refractivity contribution in [2.24, 2.45) is 5.41 Å². The Morgan fingerprint density at radius 1 is 1.34 bits per heavy atom. The lowest BCUT2D eigenvalue weighted by molar-refractivity contribution is -0.127. The van der Waals surface area contributed by atoms with E-state index in [1.807, 2.05) is 25.7 Å². The molecule has 158 valence electrons. The molecule has 1 atom stereocenters. The molecule has 1 aromatic carbocycles. The van der Waals surface area contributed by atoms with E-state index in [1.165, 1.54) is 11.0 Å². The standard InChI is InChI=1S/C20H27FN4O3S/c1-19(2,3)23-17(29)22-7-14-8-25(18(26)28-14)13-4-5-16(15(21)6-13)24-9-20(10-24)11-27-12-20/h4-6,14H,7-12H2,1-3H3,(H2,22,23,29)/t14-/m0/s1. The number of amides is 1. The SMILES string of the molecule is CC(C)(C)NC(=S)NC[C@H]1CN(c2ccc(N3CC4(COC4)C3)c(F)c2)C(=O)O1. The van der Waals surface area contributed by atoms with Gasteiger partial charge in [0, 0.05) is 18.6 Å². The smallest absolute Gasteiger partial charge is 0.414 e. The summed E-state index contributed by atoms with van der Waals surface area (Å²) in [4.78, 5) is 15.7. The van der Waals surface area contributed by atoms with Gasteiger partial charge in [-0.15, -0.1) is 0 Å². The first-order valence-corrected chi connectivity index (χ1v) is 10.2. The molecule has 0 aliphatic carbocycles. The molecule has 0 bridgehead atoms. The second-order valence-corrected chi connectivity index (χ2v) is 9.59. The summed E-state index contributed by atoms with van der Waals surface area (Å²) >= 11 is 5.25. The van der Waals surface area contributed by atoms with Crippen molar-refractivity contribution in [3.63, 3.8) is 0 Å². The van der Waals surface area contributed by atoms with Gasteiger partial charge >= 0.3 is 6.09 Å². The van der Waals surface area contributed by atoms with Crippen LogP contribution in [0.4, 0.5) is 20.6 Å². The van der Waals surface area contributed by atoms with Crippen LogP contribution in [0.3, 0.4) is 0 Å². The molecule has 0 radical (unpaired) electrons. The van der Waals surface area contributed by atoms with E-state index in [0.717, 1.165) is 26.3 Å². The van der Waals surface area contributed by atoms with Crippen LogP contribution in [0, 0.1) is 11.2 Å². The maximum absolute atomic E-state index is 14.7. The van der Waals surface area contributed by atoms with Gasteiger partial charge in [0.25, 0.3) is 0 Å². The number of anilines is 2. The van der Waals surface area contributed by atoms with E-state index in [0.29, 0.717) is 29.6 Å². The molecule has 3 aliphatic rings. The first kappa shape index (κ1) is 20.2. The topological polar surface area (TPSA) is 66.1 Å². The Morgan fingerprint density at radius 2 is 2.07 bits per heavy atom. The van der Waals surface area contributed by atoms with E-state index < -0.39 is 6.09 Å². The van der Waals surface area contributed by atoms with Crippen molar-refractivity contribution < 1.29 is 18.7 Å². The number of hydrogen-bond donors (Lipinski definition) is 2. The lowest BCUT2D eigenvalue weighted by atomic mass is 9.78. The quantitative estimate of drug-likeness (QED) is 0.722. The highest BCUT2D eigenvalue weighted by Gasteiger charge is 2.49. The summed E-state index contributed by atoms with van der Waals surface area (Å²) in [7, 11) is 0. The second-order valence-electron chi connectivity index (χ2n) is 9.19. The van der Waals surface area contributed by atoms with E-state index >= 15 is 0 Å². The van der Waals surface area contributed by atoms with Gasteiger partial charge in [-0.05, 0) is 51.2 Å². The zero-order valence-corrected chi connectivity index (χ0v) is 17.8. The third-order valence-corrected chi connectivity index (χ3v) is 5.55. The number of nitrogens with zero attached hydrogens (tertiary/aromatic N) is 2. The largest absolute Gasteiger partial charge is 0.442 e. The van der Waals surface area contributed by atoms with Crippen LogP contribution < -0.4 is 20.4 Å². The molecule has 3 saturated heterocycles. The molecule has 7 nitrogen and oxygen atoms in total. The van der Waals surface area contributed by atoms with Gasteiger partial charge in [0.2, 0.25) is 0 Å². The van der Waals surface area contributed by atoms with Crippen molar-refractivity contribution in [2.75, 3.05) is 49.2 Å². The number of cyclic esters (lactones) is 1. The van der Waals surface area contributed by atoms with Gasteiger partial charge in [0.05, 0.1) is 43.1 Å². The molecule has 1 aromatic rings. The van der Waals surface area contributed by atoms with Crippen molar-refractivity contribution in [1.29, 1.82) is 0 Å². The molecule has 0 saturated carbocycles. The van der Waals surface area contributed by atoms with Crippen LogP contribution in [-0.2, 0) is 9.47 Å². The summed E-state index contributed by atoms with van der Waals surface area (Å²) in [6, 6.07) is 4.91. The van der Waals surface area contributed by atoms with Crippen molar-refractivity contribution in [1.82, 2.24) is 10.6 Å². The van der Waals surface area contributed by atoms with Crippen molar-refractivity contribution >= 4 is 34.8 Å². The van der Waals surface area contributed by atoms with Gasteiger partial charge in [-0.1, -0.05) is 0 Å². The van der Waals surface area contributed by atoms with Crippen LogP contribution in [0.15, 0.2) is 18.2 Å². The zero-order chi connectivity index (χ0) is 20.8. The van der Waals surface area contributed by atoms with Gasteiger partial charge in [0.1, 0.15) is 11.9 Å². The average molecular weight is 423 g/mol. The number of carbonyl (C=O) groups excluding carboxylic acids is 1. The molecule has 4 rings (SSSR count). The fraction of sp³-hybridized carbons (Fsp3) is 0.600. The summed E-state index contributed by atoms with van der Waals surface area (Å²) in [5.74, 6) is -0.331. The molecule has 3 aliphatic heterocycles. The zero-order valence-electron chi connectivity index (χ0n) is 17.0. The van der Waals surface area contributed by atoms with Crippen molar-refractivity contribution in [3.05, 3.63) is 24.0 Å². The summed E-state index contributed by atoms with van der Waals surface area (Å²) in [5.41, 5.74) is 1.13. The summed E-state index contributed by atoms with van der Waals surface area (Å²) in [6.45, 7) is 9.90. The summed E-state index contributed by atoms with van der Waals surface area (Å²) < 4.78 is 25.4. The van der Waals surface area contributed by atoms with Crippen molar-refractivity contribution in [2.45, 2.75) is 32.4 Å². The molecule has 29 heavy (non-hydrogen) atoms. The number of nitrogens with one attached hydrogen (secondary N) is 2. The van der Waals surface area contributed by atoms with Gasteiger partial charge in [-0.3, -0.25) is 4.90 Å². The third kappa shape index (κ3) is 4.25. The Kier molecular flexibility index (Phi) is 5.06. The maximum atomic E-state index is 14.7. The van der Waals surface area contributed by atoms with Gasteiger partial charge in [-0.2, -0.15) is 0 Å². The predicted octanol–water partition coefficient (Wildman–Crippen LogP) is 2.25. The highest BCUT2D eigenvalue weighted by Crippen LogP contribution is 2.41. The minimum absolute atomic E-state index is 0.149. The normalized spacial score (nSPS) is 22.8. The summed E-state index contributed by atoms with van der Waals surface area (Å²) in [6.07, 6.45) is -0.841. The van der Waals surface area contributed by atoms with Gasteiger partial charge in [-0.25, -0.2) is 9.18 Å². The minimum atomic E-state index is -0.479. The predicted molar refractivity (Wildman–Crippen MR) is 113 cm³/mol. The number of carbonyl (C=O) groups is 1. The number of halogens is 1. The number of rotatable bonds is 4.